The summed E-state index contributed by atoms with van der Waals surface area (Å²) in [4.78, 5) is 18.4. The van der Waals surface area contributed by atoms with Crippen LogP contribution in [0, 0.1) is 0 Å². The first kappa shape index (κ1) is 41.3. The fourth-order valence-corrected chi connectivity index (χ4v) is 10.8. The molecule has 0 aliphatic carbocycles. The van der Waals surface area contributed by atoms with Crippen LogP contribution in [0.3, 0.4) is 0 Å². The van der Waals surface area contributed by atoms with Crippen molar-refractivity contribution in [1.82, 2.24) is 19.5 Å². The van der Waals surface area contributed by atoms with Gasteiger partial charge in [-0.05, 0) is 71.1 Å². The van der Waals surface area contributed by atoms with Crippen LogP contribution in [-0.4, -0.2) is 19.5 Å². The van der Waals surface area contributed by atoms with E-state index >= 15 is 0 Å². The van der Waals surface area contributed by atoms with E-state index in [4.69, 9.17) is 15.0 Å². The topological polar surface area (TPSA) is 46.8 Å². The second kappa shape index (κ2) is 17.1. The molecule has 0 saturated heterocycles. The standard InChI is InChI=1S/C67H43N5/c1-3-19-44(20-4-1)45-37-39-47(40-38-45)60-43-59(46-21-5-2-6-22-46)69-67(70-60)49-24-18-26-51(42-49)72-62-35-15-11-31-56(62)64-55-30-10-14-34-61(55)71(63-36-16-12-32-57(63)66(64)72)50-25-17-23-48(41-50)65-54-29-8-7-27-52(54)53-28-9-13-33-58(53)68-65/h1-43H. The molecule has 13 aromatic rings. The van der Waals surface area contributed by atoms with E-state index in [0.717, 1.165) is 106 Å². The number of anilines is 3. The molecule has 5 heteroatoms. The minimum atomic E-state index is 0.661. The van der Waals surface area contributed by atoms with Crippen LogP contribution in [0.1, 0.15) is 0 Å². The van der Waals surface area contributed by atoms with Gasteiger partial charge in [-0.2, -0.15) is 0 Å². The zero-order valence-corrected chi connectivity index (χ0v) is 39.1. The number of para-hydroxylation sites is 4. The molecule has 1 aliphatic heterocycles. The monoisotopic (exact) mass is 917 g/mol. The Morgan fingerprint density at radius 3 is 1.58 bits per heavy atom. The summed E-state index contributed by atoms with van der Waals surface area (Å²) in [6.07, 6.45) is 0. The van der Waals surface area contributed by atoms with Crippen LogP contribution < -0.4 is 4.90 Å². The lowest BCUT2D eigenvalue weighted by atomic mass is 9.98. The van der Waals surface area contributed by atoms with E-state index in [1.165, 1.54) is 21.9 Å². The number of hydrogen-bond donors (Lipinski definition) is 0. The molecule has 0 N–H and O–H groups in total. The molecule has 0 radical (unpaired) electrons. The quantitative estimate of drug-likeness (QED) is 0.149. The lowest BCUT2D eigenvalue weighted by Gasteiger charge is -2.28. The van der Waals surface area contributed by atoms with Gasteiger partial charge in [-0.3, -0.25) is 0 Å². The molecule has 3 aromatic heterocycles. The SMILES string of the molecule is c1ccc(-c2ccc(-c3cc(-c4ccccc4)nc(-c4cccc(-n5c6c(c7ccccc75)-c5ccccc5N(c5cccc(-c7nc8ccccc8c8ccccc78)c5)c5ccccc5-6)c4)n3)cc2)cc1. The molecule has 72 heavy (non-hydrogen) atoms. The summed E-state index contributed by atoms with van der Waals surface area (Å²) in [7, 11) is 0. The number of rotatable bonds is 7. The molecule has 14 rings (SSSR count). The summed E-state index contributed by atoms with van der Waals surface area (Å²) in [5, 5.41) is 4.65. The van der Waals surface area contributed by atoms with Crippen LogP contribution in [0.5, 0.6) is 0 Å². The molecule has 336 valence electrons. The maximum Gasteiger partial charge on any atom is 0.160 e. The number of benzene rings is 10. The van der Waals surface area contributed by atoms with Crippen LogP contribution >= 0.6 is 0 Å². The average Bonchev–Trinajstić information content (AvgIpc) is 3.74. The van der Waals surface area contributed by atoms with Crippen LogP contribution in [-0.2, 0) is 0 Å². The molecule has 5 nitrogen and oxygen atoms in total. The van der Waals surface area contributed by atoms with Gasteiger partial charge in [0.15, 0.2) is 5.82 Å². The van der Waals surface area contributed by atoms with Gasteiger partial charge < -0.3 is 9.47 Å². The van der Waals surface area contributed by atoms with Crippen molar-refractivity contribution in [2.75, 3.05) is 4.90 Å². The van der Waals surface area contributed by atoms with Crippen LogP contribution in [0.2, 0.25) is 0 Å². The Bertz CT molecular complexity index is 4220. The molecular formula is C67H43N5. The molecule has 10 aromatic carbocycles. The first-order valence-electron chi connectivity index (χ1n) is 24.4. The highest BCUT2D eigenvalue weighted by Gasteiger charge is 2.31. The second-order valence-electron chi connectivity index (χ2n) is 18.3. The molecule has 1 aliphatic rings. The second-order valence-corrected chi connectivity index (χ2v) is 18.3. The predicted octanol–water partition coefficient (Wildman–Crippen LogP) is 17.6. The van der Waals surface area contributed by atoms with Crippen molar-refractivity contribution in [3.63, 3.8) is 0 Å². The first-order chi connectivity index (χ1) is 35.7. The van der Waals surface area contributed by atoms with Gasteiger partial charge in [0.1, 0.15) is 0 Å². The van der Waals surface area contributed by atoms with Crippen molar-refractivity contribution < 1.29 is 0 Å². The van der Waals surface area contributed by atoms with E-state index in [2.05, 4.69) is 258 Å². The van der Waals surface area contributed by atoms with Crippen molar-refractivity contribution in [1.29, 1.82) is 0 Å². The molecule has 0 fully saturated rings. The summed E-state index contributed by atoms with van der Waals surface area (Å²) >= 11 is 0. The van der Waals surface area contributed by atoms with Gasteiger partial charge >= 0.3 is 0 Å². The predicted molar refractivity (Wildman–Crippen MR) is 298 cm³/mol. The largest absolute Gasteiger partial charge is 0.309 e. The third kappa shape index (κ3) is 6.90. The van der Waals surface area contributed by atoms with Gasteiger partial charge in [0.2, 0.25) is 0 Å². The van der Waals surface area contributed by atoms with Crippen LogP contribution in [0.25, 0.3) is 117 Å². The molecule has 0 atom stereocenters. The summed E-state index contributed by atoms with van der Waals surface area (Å²) in [6.45, 7) is 0. The van der Waals surface area contributed by atoms with Crippen LogP contribution in [0.4, 0.5) is 17.1 Å². The Kier molecular flexibility index (Phi) is 9.78. The van der Waals surface area contributed by atoms with Gasteiger partial charge in [-0.25, -0.2) is 15.0 Å². The molecule has 0 bridgehead atoms. The molecule has 0 unspecified atom stereocenters. The first-order valence-corrected chi connectivity index (χ1v) is 24.4. The fourth-order valence-electron chi connectivity index (χ4n) is 10.8. The van der Waals surface area contributed by atoms with Gasteiger partial charge in [0, 0.05) is 66.5 Å². The van der Waals surface area contributed by atoms with Gasteiger partial charge in [0.05, 0.1) is 45.2 Å². The highest BCUT2D eigenvalue weighted by atomic mass is 15.2. The zero-order valence-electron chi connectivity index (χ0n) is 39.1. The highest BCUT2D eigenvalue weighted by Crippen LogP contribution is 2.54. The number of pyridine rings is 1. The zero-order chi connectivity index (χ0) is 47.5. The summed E-state index contributed by atoms with van der Waals surface area (Å²) < 4.78 is 2.44. The summed E-state index contributed by atoms with van der Waals surface area (Å²) in [5.41, 5.74) is 20.0. The highest BCUT2D eigenvalue weighted by molar-refractivity contribution is 6.14. The maximum absolute atomic E-state index is 5.33. The Balaban J connectivity index is 0.942. The lowest BCUT2D eigenvalue weighted by Crippen LogP contribution is -2.11. The van der Waals surface area contributed by atoms with Crippen LogP contribution in [0.15, 0.2) is 261 Å². The third-order valence-corrected chi connectivity index (χ3v) is 14.1. The molecule has 0 amide bonds. The van der Waals surface area contributed by atoms with Crippen molar-refractivity contribution in [3.8, 4) is 84.4 Å². The average molecular weight is 918 g/mol. The van der Waals surface area contributed by atoms with Crippen molar-refractivity contribution in [2.24, 2.45) is 0 Å². The van der Waals surface area contributed by atoms with E-state index in [1.807, 2.05) is 12.1 Å². The Labute approximate surface area is 417 Å². The van der Waals surface area contributed by atoms with Gasteiger partial charge in [0.25, 0.3) is 0 Å². The summed E-state index contributed by atoms with van der Waals surface area (Å²) in [6, 6.07) is 92.8. The molecule has 0 spiro atoms. The third-order valence-electron chi connectivity index (χ3n) is 14.1. The lowest BCUT2D eigenvalue weighted by molar-refractivity contribution is 1.13. The Morgan fingerprint density at radius 1 is 0.306 bits per heavy atom. The fraction of sp³-hybridized carbons (Fsp3) is 0. The Hall–Kier alpha value is -9.71. The smallest absolute Gasteiger partial charge is 0.160 e. The van der Waals surface area contributed by atoms with E-state index < -0.39 is 0 Å². The minimum absolute atomic E-state index is 0.661. The number of hydrogen-bond acceptors (Lipinski definition) is 4. The normalized spacial score (nSPS) is 11.9. The maximum atomic E-state index is 5.33. The van der Waals surface area contributed by atoms with E-state index in [1.54, 1.807) is 0 Å². The van der Waals surface area contributed by atoms with Crippen molar-refractivity contribution in [2.45, 2.75) is 0 Å². The molecule has 4 heterocycles. The van der Waals surface area contributed by atoms with Crippen molar-refractivity contribution >= 4 is 49.6 Å². The summed E-state index contributed by atoms with van der Waals surface area (Å²) in [5.74, 6) is 0.661. The number of nitrogens with zero attached hydrogens (tertiary/aromatic N) is 5. The Morgan fingerprint density at radius 2 is 0.819 bits per heavy atom. The number of aromatic nitrogens is 4. The van der Waals surface area contributed by atoms with E-state index in [9.17, 15) is 0 Å². The molecular weight excluding hydrogens is 875 g/mol. The van der Waals surface area contributed by atoms with Crippen molar-refractivity contribution in [3.05, 3.63) is 261 Å². The number of fused-ring (bicyclic) bond motifs is 10. The van der Waals surface area contributed by atoms with E-state index in [-0.39, 0.29) is 0 Å². The van der Waals surface area contributed by atoms with Gasteiger partial charge in [-0.1, -0.05) is 206 Å². The van der Waals surface area contributed by atoms with E-state index in [0.29, 0.717) is 5.82 Å². The molecule has 0 saturated carbocycles. The van der Waals surface area contributed by atoms with Gasteiger partial charge in [-0.15, -0.1) is 0 Å². The minimum Gasteiger partial charge on any atom is -0.309 e.